The van der Waals surface area contributed by atoms with Gasteiger partial charge in [0.25, 0.3) is 0 Å². The number of carbonyl (C=O) groups is 1. The lowest BCUT2D eigenvalue weighted by molar-refractivity contribution is -0.141. The van der Waals surface area contributed by atoms with E-state index in [-0.39, 0.29) is 17.5 Å². The van der Waals surface area contributed by atoms with Crippen molar-refractivity contribution in [3.05, 3.63) is 22.7 Å². The average molecular weight is 258 g/mol. The molecule has 0 radical (unpaired) electrons. The van der Waals surface area contributed by atoms with Crippen molar-refractivity contribution in [1.82, 2.24) is 5.32 Å². The summed E-state index contributed by atoms with van der Waals surface area (Å²) in [5.74, 6) is -1.93. The Morgan fingerprint density at radius 2 is 2.12 bits per heavy atom. The van der Waals surface area contributed by atoms with Crippen molar-refractivity contribution in [2.24, 2.45) is 5.92 Å². The van der Waals surface area contributed by atoms with Gasteiger partial charge in [0.15, 0.2) is 11.5 Å². The quantitative estimate of drug-likeness (QED) is 0.603. The lowest BCUT2D eigenvalue weighted by Gasteiger charge is -2.15. The Hall–Kier alpha value is -1.46. The molecule has 0 aliphatic carbocycles. The molecule has 1 saturated heterocycles. The fraction of sp³-hybridized carbons (Fsp3) is 0.364. The Balaban J connectivity index is 2.30. The molecule has 5 nitrogen and oxygen atoms in total. The Kier molecular flexibility index (Phi) is 3.13. The molecular weight excluding hydrogens is 246 g/mol. The molecule has 4 N–H and O–H groups in total. The molecule has 0 spiro atoms. The largest absolute Gasteiger partial charge is 0.504 e. The van der Waals surface area contributed by atoms with E-state index in [0.29, 0.717) is 23.6 Å². The maximum Gasteiger partial charge on any atom is 0.307 e. The van der Waals surface area contributed by atoms with E-state index in [0.717, 1.165) is 0 Å². The molecule has 17 heavy (non-hydrogen) atoms. The maximum atomic E-state index is 10.8. The van der Waals surface area contributed by atoms with Crippen LogP contribution in [0.3, 0.4) is 0 Å². The van der Waals surface area contributed by atoms with Crippen molar-refractivity contribution in [2.45, 2.75) is 12.5 Å². The van der Waals surface area contributed by atoms with E-state index in [2.05, 4.69) is 5.32 Å². The summed E-state index contributed by atoms with van der Waals surface area (Å²) in [6.45, 7) is 0.325. The van der Waals surface area contributed by atoms with Crippen LogP contribution in [0, 0.1) is 5.92 Å². The van der Waals surface area contributed by atoms with Gasteiger partial charge in [-0.3, -0.25) is 4.79 Å². The summed E-state index contributed by atoms with van der Waals surface area (Å²) in [6, 6.07) is 2.42. The van der Waals surface area contributed by atoms with Gasteiger partial charge in [0.05, 0.1) is 5.92 Å². The fourth-order valence-corrected chi connectivity index (χ4v) is 2.33. The maximum absolute atomic E-state index is 10.8. The minimum Gasteiger partial charge on any atom is -0.504 e. The van der Waals surface area contributed by atoms with Crippen molar-refractivity contribution in [3.8, 4) is 11.5 Å². The predicted molar refractivity (Wildman–Crippen MR) is 61.3 cm³/mol. The second-order valence-corrected chi connectivity index (χ2v) is 4.47. The van der Waals surface area contributed by atoms with Gasteiger partial charge in [-0.2, -0.15) is 0 Å². The molecule has 2 atom stereocenters. The zero-order valence-electron chi connectivity index (χ0n) is 8.85. The van der Waals surface area contributed by atoms with Crippen LogP contribution in [-0.2, 0) is 4.79 Å². The highest BCUT2D eigenvalue weighted by atomic mass is 35.5. The summed E-state index contributed by atoms with van der Waals surface area (Å²) in [6.07, 6.45) is 0.339. The molecule has 0 saturated carbocycles. The van der Waals surface area contributed by atoms with E-state index < -0.39 is 11.9 Å². The number of aromatic hydroxyl groups is 2. The first-order valence-corrected chi connectivity index (χ1v) is 5.55. The van der Waals surface area contributed by atoms with Crippen LogP contribution in [-0.4, -0.2) is 27.8 Å². The Morgan fingerprint density at radius 3 is 2.71 bits per heavy atom. The Morgan fingerprint density at radius 1 is 1.41 bits per heavy atom. The number of carboxylic acid groups (broad SMARTS) is 1. The van der Waals surface area contributed by atoms with Crippen LogP contribution in [0.1, 0.15) is 18.0 Å². The molecule has 1 fully saturated rings. The molecule has 1 aromatic rings. The minimum absolute atomic E-state index is 0.259. The van der Waals surface area contributed by atoms with Gasteiger partial charge in [0.2, 0.25) is 0 Å². The van der Waals surface area contributed by atoms with Crippen LogP contribution in [0.2, 0.25) is 5.02 Å². The van der Waals surface area contributed by atoms with Crippen LogP contribution in [0.4, 0.5) is 0 Å². The van der Waals surface area contributed by atoms with Gasteiger partial charge in [-0.25, -0.2) is 0 Å². The van der Waals surface area contributed by atoms with E-state index in [1.54, 1.807) is 0 Å². The molecular formula is C11H12ClNO4. The molecule has 1 heterocycles. The average Bonchev–Trinajstić information content (AvgIpc) is 2.73. The van der Waals surface area contributed by atoms with E-state index >= 15 is 0 Å². The second kappa shape index (κ2) is 4.43. The Bertz CT molecular complexity index is 463. The van der Waals surface area contributed by atoms with E-state index in [9.17, 15) is 15.0 Å². The third-order valence-corrected chi connectivity index (χ3v) is 3.30. The van der Waals surface area contributed by atoms with Crippen LogP contribution >= 0.6 is 11.6 Å². The van der Waals surface area contributed by atoms with Gasteiger partial charge in [-0.15, -0.1) is 0 Å². The van der Waals surface area contributed by atoms with Crippen LogP contribution in [0.15, 0.2) is 12.1 Å². The number of rotatable bonds is 2. The number of carboxylic acids is 1. The van der Waals surface area contributed by atoms with Crippen molar-refractivity contribution >= 4 is 17.6 Å². The molecule has 2 rings (SSSR count). The molecule has 6 heteroatoms. The number of phenolic OH excluding ortho intramolecular Hbond substituents is 2. The molecule has 2 unspecified atom stereocenters. The first kappa shape index (κ1) is 12.0. The summed E-state index contributed by atoms with van der Waals surface area (Å²) in [7, 11) is 0. The monoisotopic (exact) mass is 257 g/mol. The van der Waals surface area contributed by atoms with Crippen LogP contribution < -0.4 is 5.32 Å². The van der Waals surface area contributed by atoms with Gasteiger partial charge in [-0.1, -0.05) is 11.6 Å². The fourth-order valence-electron chi connectivity index (χ4n) is 2.05. The van der Waals surface area contributed by atoms with Crippen LogP contribution in [0.25, 0.3) is 0 Å². The summed E-state index contributed by atoms with van der Waals surface area (Å²) in [5, 5.41) is 31.3. The predicted octanol–water partition coefficient (Wildman–Crippen LogP) is 1.49. The van der Waals surface area contributed by atoms with Gasteiger partial charge in [-0.05, 0) is 18.6 Å². The first-order chi connectivity index (χ1) is 8.00. The third kappa shape index (κ3) is 2.16. The van der Waals surface area contributed by atoms with Crippen molar-refractivity contribution in [3.63, 3.8) is 0 Å². The summed E-state index contributed by atoms with van der Waals surface area (Å²) >= 11 is 5.95. The summed E-state index contributed by atoms with van der Waals surface area (Å²) in [4.78, 5) is 10.8. The molecule has 0 amide bonds. The lowest BCUT2D eigenvalue weighted by atomic mass is 9.99. The van der Waals surface area contributed by atoms with E-state index in [1.807, 2.05) is 0 Å². The second-order valence-electron chi connectivity index (χ2n) is 4.06. The first-order valence-electron chi connectivity index (χ1n) is 5.17. The van der Waals surface area contributed by atoms with Crippen LogP contribution in [0.5, 0.6) is 11.5 Å². The Labute approximate surface area is 103 Å². The summed E-state index contributed by atoms with van der Waals surface area (Å²) < 4.78 is 0. The van der Waals surface area contributed by atoms with Crippen molar-refractivity contribution in [2.75, 3.05) is 6.54 Å². The topological polar surface area (TPSA) is 89.8 Å². The number of nitrogens with one attached hydrogen (secondary N) is 1. The third-order valence-electron chi connectivity index (χ3n) is 2.97. The van der Waals surface area contributed by atoms with Crippen molar-refractivity contribution < 1.29 is 20.1 Å². The SMILES string of the molecule is O=C(O)C1CNC(c2c(Cl)ccc(O)c2O)C1. The highest BCUT2D eigenvalue weighted by molar-refractivity contribution is 6.31. The number of phenols is 2. The highest BCUT2D eigenvalue weighted by Gasteiger charge is 2.33. The molecule has 1 aliphatic heterocycles. The minimum atomic E-state index is -0.879. The number of halogens is 1. The van der Waals surface area contributed by atoms with Gasteiger partial charge in [0.1, 0.15) is 0 Å². The number of benzene rings is 1. The lowest BCUT2D eigenvalue weighted by Crippen LogP contribution is -2.17. The number of aliphatic carboxylic acids is 1. The molecule has 1 aromatic carbocycles. The van der Waals surface area contributed by atoms with Crippen molar-refractivity contribution in [1.29, 1.82) is 0 Å². The smallest absolute Gasteiger partial charge is 0.307 e. The number of hydrogen-bond donors (Lipinski definition) is 4. The molecule has 92 valence electrons. The normalized spacial score (nSPS) is 23.8. The summed E-state index contributed by atoms with van der Waals surface area (Å²) in [5.41, 5.74) is 0.357. The highest BCUT2D eigenvalue weighted by Crippen LogP contribution is 2.41. The molecule has 1 aliphatic rings. The molecule has 0 aromatic heterocycles. The van der Waals surface area contributed by atoms with Gasteiger partial charge < -0.3 is 20.6 Å². The van der Waals surface area contributed by atoms with Gasteiger partial charge >= 0.3 is 5.97 Å². The zero-order valence-corrected chi connectivity index (χ0v) is 9.61. The number of hydrogen-bond acceptors (Lipinski definition) is 4. The van der Waals surface area contributed by atoms with E-state index in [1.165, 1.54) is 12.1 Å². The van der Waals surface area contributed by atoms with E-state index in [4.69, 9.17) is 16.7 Å². The standard InChI is InChI=1S/C11H12ClNO4/c12-6-1-2-8(14)10(15)9(6)7-3-5(4-13-7)11(16)17/h1-2,5,7,13-15H,3-4H2,(H,16,17). The molecule has 0 bridgehead atoms. The zero-order chi connectivity index (χ0) is 12.6. The van der Waals surface area contributed by atoms with Gasteiger partial charge in [0, 0.05) is 23.2 Å².